The van der Waals surface area contributed by atoms with Crippen molar-refractivity contribution in [3.63, 3.8) is 0 Å². The van der Waals surface area contributed by atoms with E-state index < -0.39 is 0 Å². The summed E-state index contributed by atoms with van der Waals surface area (Å²) in [6.45, 7) is 11.6. The fourth-order valence-electron chi connectivity index (χ4n) is 3.89. The molecule has 1 nitrogen and oxygen atoms in total. The molecular weight excluding hydrogens is 268 g/mol. The van der Waals surface area contributed by atoms with Gasteiger partial charge in [0.2, 0.25) is 0 Å². The number of hydrogen-bond acceptors (Lipinski definition) is 1. The predicted molar refractivity (Wildman–Crippen MR) is 95.7 cm³/mol. The summed E-state index contributed by atoms with van der Waals surface area (Å²) in [5, 5.41) is 0. The molecule has 0 spiro atoms. The Kier molecular flexibility index (Phi) is 5.36. The maximum Gasteiger partial charge on any atom is 0.122 e. The first-order valence-corrected chi connectivity index (χ1v) is 8.71. The van der Waals surface area contributed by atoms with E-state index in [1.165, 1.54) is 36.8 Å². The Hall–Kier alpha value is -1.24. The van der Waals surface area contributed by atoms with Crippen LogP contribution in [0.15, 0.2) is 29.3 Å². The number of rotatable bonds is 5. The van der Waals surface area contributed by atoms with Crippen LogP contribution in [0.1, 0.15) is 77.3 Å². The van der Waals surface area contributed by atoms with E-state index in [4.69, 9.17) is 4.74 Å². The third-order valence-electron chi connectivity index (χ3n) is 5.27. The fourth-order valence-corrected chi connectivity index (χ4v) is 3.89. The molecule has 0 heterocycles. The molecule has 0 radical (unpaired) electrons. The van der Waals surface area contributed by atoms with E-state index in [0.717, 1.165) is 12.2 Å². The zero-order valence-corrected chi connectivity index (χ0v) is 15.3. The van der Waals surface area contributed by atoms with E-state index in [-0.39, 0.29) is 0 Å². The van der Waals surface area contributed by atoms with E-state index in [1.54, 1.807) is 18.3 Å². The van der Waals surface area contributed by atoms with Crippen molar-refractivity contribution in [2.75, 3.05) is 7.11 Å². The highest BCUT2D eigenvalue weighted by Crippen LogP contribution is 2.42. The molecule has 0 N–H and O–H groups in total. The maximum absolute atomic E-state index is 5.50. The number of allylic oxidation sites excluding steroid dienone is 2. The van der Waals surface area contributed by atoms with Gasteiger partial charge in [-0.15, -0.1) is 0 Å². The molecule has 0 bridgehead atoms. The van der Waals surface area contributed by atoms with Gasteiger partial charge in [0.05, 0.1) is 7.11 Å². The monoisotopic (exact) mass is 300 g/mol. The van der Waals surface area contributed by atoms with Crippen LogP contribution in [0.2, 0.25) is 0 Å². The minimum absolute atomic E-state index is 0.385. The van der Waals surface area contributed by atoms with Crippen molar-refractivity contribution in [3.8, 4) is 5.75 Å². The second kappa shape index (κ2) is 6.89. The van der Waals surface area contributed by atoms with Gasteiger partial charge < -0.3 is 4.74 Å². The molecule has 0 aliphatic heterocycles. The van der Waals surface area contributed by atoms with Crippen molar-refractivity contribution in [2.45, 2.75) is 72.6 Å². The molecule has 0 unspecified atom stereocenters. The second-order valence-corrected chi connectivity index (χ2v) is 7.73. The molecule has 0 saturated heterocycles. The van der Waals surface area contributed by atoms with Gasteiger partial charge in [-0.25, -0.2) is 0 Å². The minimum atomic E-state index is 0.385. The van der Waals surface area contributed by atoms with Gasteiger partial charge in [-0.05, 0) is 67.6 Å². The van der Waals surface area contributed by atoms with Gasteiger partial charge in [0.1, 0.15) is 5.75 Å². The molecule has 0 atom stereocenters. The average molecular weight is 300 g/mol. The predicted octanol–water partition coefficient (Wildman–Crippen LogP) is 6.28. The molecule has 1 aliphatic carbocycles. The Morgan fingerprint density at radius 3 is 2.50 bits per heavy atom. The van der Waals surface area contributed by atoms with E-state index in [0.29, 0.717) is 11.3 Å². The molecule has 1 aromatic rings. The number of hydrogen-bond donors (Lipinski definition) is 0. The Morgan fingerprint density at radius 1 is 1.18 bits per heavy atom. The first-order valence-electron chi connectivity index (χ1n) is 8.71. The van der Waals surface area contributed by atoms with Gasteiger partial charge in [-0.1, -0.05) is 51.0 Å². The summed E-state index contributed by atoms with van der Waals surface area (Å²) in [4.78, 5) is 0. The molecule has 0 fully saturated rings. The van der Waals surface area contributed by atoms with Crippen LogP contribution in [0, 0.1) is 5.41 Å². The third kappa shape index (κ3) is 3.74. The number of methoxy groups -OCH3 is 1. The standard InChI is InChI=1S/C21H32O/c1-15(2)18-14-17(10-12-20(18)22-6)9-11-19-16(3)8-7-13-21(19,4)5/h10,12,14-15H,7-9,11,13H2,1-6H3. The summed E-state index contributed by atoms with van der Waals surface area (Å²) in [6, 6.07) is 6.71. The van der Waals surface area contributed by atoms with Crippen LogP contribution in [0.25, 0.3) is 0 Å². The van der Waals surface area contributed by atoms with Gasteiger partial charge >= 0.3 is 0 Å². The molecule has 0 aromatic heterocycles. The van der Waals surface area contributed by atoms with E-state index in [2.05, 4.69) is 52.8 Å². The molecule has 122 valence electrons. The number of benzene rings is 1. The molecular formula is C21H32O. The summed E-state index contributed by atoms with van der Waals surface area (Å²) >= 11 is 0. The lowest BCUT2D eigenvalue weighted by Crippen LogP contribution is -2.20. The lowest BCUT2D eigenvalue weighted by Gasteiger charge is -2.35. The van der Waals surface area contributed by atoms with Crippen molar-refractivity contribution in [1.82, 2.24) is 0 Å². The van der Waals surface area contributed by atoms with E-state index in [9.17, 15) is 0 Å². The van der Waals surface area contributed by atoms with Crippen LogP contribution < -0.4 is 4.74 Å². The summed E-state index contributed by atoms with van der Waals surface area (Å²) in [5.74, 6) is 1.52. The topological polar surface area (TPSA) is 9.23 Å². The Bertz CT molecular complexity index is 549. The van der Waals surface area contributed by atoms with Crippen molar-refractivity contribution >= 4 is 0 Å². The minimum Gasteiger partial charge on any atom is -0.496 e. The van der Waals surface area contributed by atoms with Crippen LogP contribution in [-0.4, -0.2) is 7.11 Å². The summed E-state index contributed by atoms with van der Waals surface area (Å²) < 4.78 is 5.50. The van der Waals surface area contributed by atoms with Gasteiger partial charge in [-0.3, -0.25) is 0 Å². The normalized spacial score (nSPS) is 18.0. The zero-order chi connectivity index (χ0) is 16.3. The van der Waals surface area contributed by atoms with Crippen LogP contribution in [0.3, 0.4) is 0 Å². The number of aryl methyl sites for hydroxylation is 1. The van der Waals surface area contributed by atoms with Crippen LogP contribution in [0.4, 0.5) is 0 Å². The second-order valence-electron chi connectivity index (χ2n) is 7.73. The van der Waals surface area contributed by atoms with Crippen molar-refractivity contribution in [2.24, 2.45) is 5.41 Å². The SMILES string of the molecule is COc1ccc(CCC2=C(C)CCCC2(C)C)cc1C(C)C. The smallest absolute Gasteiger partial charge is 0.122 e. The number of ether oxygens (including phenoxy) is 1. The Balaban J connectivity index is 2.16. The summed E-state index contributed by atoms with van der Waals surface area (Å²) in [7, 11) is 1.76. The Morgan fingerprint density at radius 2 is 1.91 bits per heavy atom. The summed E-state index contributed by atoms with van der Waals surface area (Å²) in [5.41, 5.74) is 6.48. The third-order valence-corrected chi connectivity index (χ3v) is 5.27. The lowest BCUT2D eigenvalue weighted by molar-refractivity contribution is 0.354. The van der Waals surface area contributed by atoms with Gasteiger partial charge in [0.25, 0.3) is 0 Å². The molecule has 0 saturated carbocycles. The molecule has 1 aromatic carbocycles. The Labute approximate surface area is 136 Å². The maximum atomic E-state index is 5.50. The average Bonchev–Trinajstić information content (AvgIpc) is 2.45. The van der Waals surface area contributed by atoms with Crippen LogP contribution >= 0.6 is 0 Å². The molecule has 0 amide bonds. The first-order chi connectivity index (χ1) is 10.3. The zero-order valence-electron chi connectivity index (χ0n) is 15.3. The molecule has 1 heteroatoms. The van der Waals surface area contributed by atoms with Crippen LogP contribution in [0.5, 0.6) is 5.75 Å². The highest BCUT2D eigenvalue weighted by molar-refractivity contribution is 5.39. The molecule has 22 heavy (non-hydrogen) atoms. The molecule has 1 aliphatic rings. The highest BCUT2D eigenvalue weighted by atomic mass is 16.5. The van der Waals surface area contributed by atoms with E-state index >= 15 is 0 Å². The van der Waals surface area contributed by atoms with Gasteiger partial charge in [-0.2, -0.15) is 0 Å². The van der Waals surface area contributed by atoms with Gasteiger partial charge in [0, 0.05) is 0 Å². The molecule has 2 rings (SSSR count). The van der Waals surface area contributed by atoms with Crippen molar-refractivity contribution < 1.29 is 4.74 Å². The summed E-state index contributed by atoms with van der Waals surface area (Å²) in [6.07, 6.45) is 6.31. The largest absolute Gasteiger partial charge is 0.496 e. The quantitative estimate of drug-likeness (QED) is 0.582. The lowest BCUT2D eigenvalue weighted by atomic mass is 9.71. The van der Waals surface area contributed by atoms with E-state index in [1.807, 2.05) is 0 Å². The van der Waals surface area contributed by atoms with Crippen molar-refractivity contribution in [1.29, 1.82) is 0 Å². The van der Waals surface area contributed by atoms with Gasteiger partial charge in [0.15, 0.2) is 0 Å². The highest BCUT2D eigenvalue weighted by Gasteiger charge is 2.27. The van der Waals surface area contributed by atoms with Crippen LogP contribution in [-0.2, 0) is 6.42 Å². The fraction of sp³-hybridized carbons (Fsp3) is 0.619. The van der Waals surface area contributed by atoms with Crippen molar-refractivity contribution in [3.05, 3.63) is 40.5 Å². The first kappa shape index (κ1) is 17.1.